The molecule has 2 unspecified atom stereocenters. The highest BCUT2D eigenvalue weighted by Crippen LogP contribution is 2.27. The van der Waals surface area contributed by atoms with E-state index in [4.69, 9.17) is 10.5 Å². The molecule has 1 aromatic carbocycles. The number of hydrogen-bond donors (Lipinski definition) is 2. The maximum Gasteiger partial charge on any atom is 0.122 e. The van der Waals surface area contributed by atoms with Gasteiger partial charge in [0.05, 0.1) is 7.11 Å². The van der Waals surface area contributed by atoms with Gasteiger partial charge in [0.2, 0.25) is 0 Å². The van der Waals surface area contributed by atoms with Gasteiger partial charge in [-0.3, -0.25) is 0 Å². The lowest BCUT2D eigenvalue weighted by Crippen LogP contribution is -2.53. The standard InChI is InChI=1S/C15H25N3O/c1-10-8-14(19-4)11(2)7-12(10)15(16)13-9-18(3)6-5-17-13/h7-8,13,15,17H,5-6,9,16H2,1-4H3. The van der Waals surface area contributed by atoms with Crippen LogP contribution in [0, 0.1) is 13.8 Å². The molecule has 1 aromatic rings. The molecular formula is C15H25N3O. The predicted molar refractivity (Wildman–Crippen MR) is 78.7 cm³/mol. The van der Waals surface area contributed by atoms with Crippen molar-refractivity contribution in [2.75, 3.05) is 33.8 Å². The summed E-state index contributed by atoms with van der Waals surface area (Å²) < 4.78 is 5.36. The third-order valence-electron chi connectivity index (χ3n) is 3.98. The monoisotopic (exact) mass is 263 g/mol. The van der Waals surface area contributed by atoms with E-state index in [0.29, 0.717) is 6.04 Å². The van der Waals surface area contributed by atoms with Crippen LogP contribution in [0.2, 0.25) is 0 Å². The van der Waals surface area contributed by atoms with Crippen LogP contribution in [-0.4, -0.2) is 44.7 Å². The Morgan fingerprint density at radius 2 is 2.11 bits per heavy atom. The third-order valence-corrected chi connectivity index (χ3v) is 3.98. The van der Waals surface area contributed by atoms with E-state index in [1.807, 2.05) is 0 Å². The highest BCUT2D eigenvalue weighted by molar-refractivity contribution is 5.43. The summed E-state index contributed by atoms with van der Waals surface area (Å²) in [6.45, 7) is 7.25. The molecule has 2 atom stereocenters. The minimum Gasteiger partial charge on any atom is -0.496 e. The Labute approximate surface area is 115 Å². The third kappa shape index (κ3) is 3.08. The summed E-state index contributed by atoms with van der Waals surface area (Å²) in [5.41, 5.74) is 10.0. The van der Waals surface area contributed by atoms with Crippen molar-refractivity contribution in [1.82, 2.24) is 10.2 Å². The van der Waals surface area contributed by atoms with Gasteiger partial charge in [-0.1, -0.05) is 6.07 Å². The Bertz CT molecular complexity index is 447. The summed E-state index contributed by atoms with van der Waals surface area (Å²) in [5, 5.41) is 3.53. The van der Waals surface area contributed by atoms with Crippen molar-refractivity contribution < 1.29 is 4.74 Å². The molecule has 1 saturated heterocycles. The van der Waals surface area contributed by atoms with Gasteiger partial charge in [-0.25, -0.2) is 0 Å². The molecular weight excluding hydrogens is 238 g/mol. The highest BCUT2D eigenvalue weighted by atomic mass is 16.5. The molecule has 0 spiro atoms. The molecule has 3 N–H and O–H groups in total. The summed E-state index contributed by atoms with van der Waals surface area (Å²) in [6, 6.07) is 4.57. The quantitative estimate of drug-likeness (QED) is 0.861. The second-order valence-electron chi connectivity index (χ2n) is 5.53. The lowest BCUT2D eigenvalue weighted by atomic mass is 9.93. The molecule has 19 heavy (non-hydrogen) atoms. The largest absolute Gasteiger partial charge is 0.496 e. The average Bonchev–Trinajstić information content (AvgIpc) is 2.40. The molecule has 0 aliphatic carbocycles. The first-order valence-electron chi connectivity index (χ1n) is 6.85. The molecule has 1 aliphatic heterocycles. The predicted octanol–water partition coefficient (Wildman–Crippen LogP) is 1.22. The van der Waals surface area contributed by atoms with Crippen molar-refractivity contribution in [1.29, 1.82) is 0 Å². The zero-order valence-corrected chi connectivity index (χ0v) is 12.4. The van der Waals surface area contributed by atoms with Crippen LogP contribution in [0.5, 0.6) is 5.75 Å². The van der Waals surface area contributed by atoms with E-state index in [2.05, 4.69) is 43.2 Å². The van der Waals surface area contributed by atoms with Crippen LogP contribution in [0.4, 0.5) is 0 Å². The van der Waals surface area contributed by atoms with Crippen LogP contribution in [0.3, 0.4) is 0 Å². The fraction of sp³-hybridized carbons (Fsp3) is 0.600. The molecule has 4 nitrogen and oxygen atoms in total. The van der Waals surface area contributed by atoms with E-state index >= 15 is 0 Å². The fourth-order valence-electron chi connectivity index (χ4n) is 2.78. The SMILES string of the molecule is COc1cc(C)c(C(N)C2CN(C)CCN2)cc1C. The van der Waals surface area contributed by atoms with Crippen LogP contribution < -0.4 is 15.8 Å². The molecule has 0 radical (unpaired) electrons. The second kappa shape index (κ2) is 5.90. The van der Waals surface area contributed by atoms with Gasteiger partial charge in [0.25, 0.3) is 0 Å². The molecule has 1 heterocycles. The summed E-state index contributed by atoms with van der Waals surface area (Å²) >= 11 is 0. The number of piperazine rings is 1. The summed E-state index contributed by atoms with van der Waals surface area (Å²) in [5.74, 6) is 0.933. The van der Waals surface area contributed by atoms with Gasteiger partial charge in [0.1, 0.15) is 5.75 Å². The minimum absolute atomic E-state index is 0.0207. The number of ether oxygens (including phenoxy) is 1. The first kappa shape index (κ1) is 14.3. The zero-order chi connectivity index (χ0) is 14.0. The number of rotatable bonds is 3. The maximum atomic E-state index is 6.46. The van der Waals surface area contributed by atoms with E-state index < -0.39 is 0 Å². The van der Waals surface area contributed by atoms with E-state index in [0.717, 1.165) is 30.9 Å². The van der Waals surface area contributed by atoms with Gasteiger partial charge < -0.3 is 20.7 Å². The van der Waals surface area contributed by atoms with Crippen LogP contribution in [-0.2, 0) is 0 Å². The summed E-state index contributed by atoms with van der Waals surface area (Å²) in [6.07, 6.45) is 0. The Hall–Kier alpha value is -1.10. The lowest BCUT2D eigenvalue weighted by Gasteiger charge is -2.35. The Kier molecular flexibility index (Phi) is 4.45. The molecule has 0 saturated carbocycles. The normalized spacial score (nSPS) is 22.3. The van der Waals surface area contributed by atoms with Crippen molar-refractivity contribution in [3.63, 3.8) is 0 Å². The van der Waals surface area contributed by atoms with Crippen molar-refractivity contribution in [2.45, 2.75) is 25.9 Å². The number of aryl methyl sites for hydroxylation is 2. The number of methoxy groups -OCH3 is 1. The molecule has 0 bridgehead atoms. The number of hydrogen-bond acceptors (Lipinski definition) is 4. The minimum atomic E-state index is 0.0207. The van der Waals surface area contributed by atoms with Gasteiger partial charge in [-0.2, -0.15) is 0 Å². The highest BCUT2D eigenvalue weighted by Gasteiger charge is 2.25. The molecule has 106 valence electrons. The van der Waals surface area contributed by atoms with Gasteiger partial charge in [0, 0.05) is 31.7 Å². The maximum absolute atomic E-state index is 6.46. The molecule has 4 heteroatoms. The number of nitrogens with one attached hydrogen (secondary N) is 1. The molecule has 0 amide bonds. The van der Waals surface area contributed by atoms with Crippen molar-refractivity contribution in [3.8, 4) is 5.75 Å². The Morgan fingerprint density at radius 3 is 2.74 bits per heavy atom. The Morgan fingerprint density at radius 1 is 1.37 bits per heavy atom. The number of benzene rings is 1. The van der Waals surface area contributed by atoms with Gasteiger partial charge in [-0.15, -0.1) is 0 Å². The van der Waals surface area contributed by atoms with Crippen molar-refractivity contribution in [3.05, 3.63) is 28.8 Å². The van der Waals surface area contributed by atoms with Crippen LogP contribution in [0.25, 0.3) is 0 Å². The van der Waals surface area contributed by atoms with Gasteiger partial charge in [0.15, 0.2) is 0 Å². The van der Waals surface area contributed by atoms with E-state index in [1.54, 1.807) is 7.11 Å². The van der Waals surface area contributed by atoms with Crippen LogP contribution in [0.15, 0.2) is 12.1 Å². The second-order valence-corrected chi connectivity index (χ2v) is 5.53. The topological polar surface area (TPSA) is 50.5 Å². The van der Waals surface area contributed by atoms with Crippen molar-refractivity contribution >= 4 is 0 Å². The molecule has 0 aromatic heterocycles. The van der Waals surface area contributed by atoms with E-state index in [9.17, 15) is 0 Å². The molecule has 1 fully saturated rings. The van der Waals surface area contributed by atoms with E-state index in [-0.39, 0.29) is 6.04 Å². The number of likely N-dealkylation sites (N-methyl/N-ethyl adjacent to an activating group) is 1. The molecule has 2 rings (SSSR count). The number of nitrogens with two attached hydrogens (primary N) is 1. The van der Waals surface area contributed by atoms with Crippen molar-refractivity contribution in [2.24, 2.45) is 5.73 Å². The lowest BCUT2D eigenvalue weighted by molar-refractivity contribution is 0.219. The van der Waals surface area contributed by atoms with Gasteiger partial charge in [-0.05, 0) is 43.7 Å². The Balaban J connectivity index is 2.23. The number of nitrogens with zero attached hydrogens (tertiary/aromatic N) is 1. The summed E-state index contributed by atoms with van der Waals surface area (Å²) in [4.78, 5) is 2.33. The smallest absolute Gasteiger partial charge is 0.122 e. The zero-order valence-electron chi connectivity index (χ0n) is 12.4. The van der Waals surface area contributed by atoms with Crippen LogP contribution >= 0.6 is 0 Å². The summed E-state index contributed by atoms with van der Waals surface area (Å²) in [7, 11) is 3.85. The first-order chi connectivity index (χ1) is 9.02. The first-order valence-corrected chi connectivity index (χ1v) is 6.85. The average molecular weight is 263 g/mol. The fourth-order valence-corrected chi connectivity index (χ4v) is 2.78. The van der Waals surface area contributed by atoms with Crippen LogP contribution in [0.1, 0.15) is 22.7 Å². The van der Waals surface area contributed by atoms with Gasteiger partial charge >= 0.3 is 0 Å². The molecule has 1 aliphatic rings. The van der Waals surface area contributed by atoms with E-state index in [1.165, 1.54) is 11.1 Å².